The van der Waals surface area contributed by atoms with Gasteiger partial charge >= 0.3 is 11.9 Å². The van der Waals surface area contributed by atoms with Crippen LogP contribution in [0, 0.1) is 5.41 Å². The van der Waals surface area contributed by atoms with Crippen molar-refractivity contribution in [1.29, 1.82) is 0 Å². The van der Waals surface area contributed by atoms with Crippen LogP contribution >= 0.6 is 0 Å². The summed E-state index contributed by atoms with van der Waals surface area (Å²) < 4.78 is 11.1. The minimum absolute atomic E-state index is 0.0781. The molecule has 0 radical (unpaired) electrons. The number of piperidine rings is 1. The van der Waals surface area contributed by atoms with Crippen molar-refractivity contribution in [2.45, 2.75) is 77.4 Å². The molecule has 24 heavy (non-hydrogen) atoms. The van der Waals surface area contributed by atoms with Crippen LogP contribution in [-0.2, 0) is 19.1 Å². The van der Waals surface area contributed by atoms with E-state index in [9.17, 15) is 19.8 Å². The predicted octanol–water partition coefficient (Wildman–Crippen LogP) is 0.815. The summed E-state index contributed by atoms with van der Waals surface area (Å²) in [6.45, 7) is 11.3. The Labute approximate surface area is 142 Å². The van der Waals surface area contributed by atoms with E-state index < -0.39 is 40.3 Å². The van der Waals surface area contributed by atoms with Crippen LogP contribution in [0.25, 0.3) is 0 Å². The van der Waals surface area contributed by atoms with Crippen molar-refractivity contribution in [3.63, 3.8) is 0 Å². The van der Waals surface area contributed by atoms with Crippen LogP contribution in [0.15, 0.2) is 0 Å². The molecule has 0 amide bonds. The molecule has 0 aliphatic carbocycles. The summed E-state index contributed by atoms with van der Waals surface area (Å²) in [5, 5.41) is 21.0. The average molecular weight is 343 g/mol. The van der Waals surface area contributed by atoms with Gasteiger partial charge in [-0.1, -0.05) is 13.8 Å². The maximum absolute atomic E-state index is 12.1. The monoisotopic (exact) mass is 343 g/mol. The summed E-state index contributed by atoms with van der Waals surface area (Å²) in [7, 11) is 0. The van der Waals surface area contributed by atoms with Gasteiger partial charge in [-0.15, -0.1) is 0 Å². The third kappa shape index (κ3) is 2.45. The van der Waals surface area contributed by atoms with Gasteiger partial charge in [0, 0.05) is 12.1 Å². The zero-order valence-corrected chi connectivity index (χ0v) is 15.4. The average Bonchev–Trinajstić information content (AvgIpc) is 2.44. The van der Waals surface area contributed by atoms with E-state index >= 15 is 0 Å². The van der Waals surface area contributed by atoms with Gasteiger partial charge in [-0.05, 0) is 27.7 Å². The van der Waals surface area contributed by atoms with Gasteiger partial charge in [-0.25, -0.2) is 0 Å². The Bertz CT molecular complexity index is 541. The number of carbonyl (C=O) groups excluding carboxylic acids is 2. The van der Waals surface area contributed by atoms with Crippen molar-refractivity contribution >= 4 is 11.9 Å². The summed E-state index contributed by atoms with van der Waals surface area (Å²) >= 11 is 0. The second-order valence-corrected chi connectivity index (χ2v) is 8.25. The maximum Gasteiger partial charge on any atom is 0.309 e. The van der Waals surface area contributed by atoms with Gasteiger partial charge < -0.3 is 19.7 Å². The largest absolute Gasteiger partial charge is 0.453 e. The molecule has 7 heteroatoms. The number of nitrogens with zero attached hydrogens (tertiary/aromatic N) is 1. The minimum Gasteiger partial charge on any atom is -0.453 e. The van der Waals surface area contributed by atoms with Crippen LogP contribution in [-0.4, -0.2) is 63.2 Å². The van der Waals surface area contributed by atoms with E-state index in [0.29, 0.717) is 6.54 Å². The second-order valence-electron chi connectivity index (χ2n) is 8.25. The normalized spacial score (nSPS) is 35.2. The topological polar surface area (TPSA) is 96.3 Å². The van der Waals surface area contributed by atoms with E-state index in [1.165, 1.54) is 0 Å². The number of β-amino-alcohol motifs (C(OH)–C–C–N with tert-alkyl or cyclic N) is 1. The Morgan fingerprint density at radius 1 is 1.08 bits per heavy atom. The van der Waals surface area contributed by atoms with E-state index in [-0.39, 0.29) is 19.4 Å². The minimum atomic E-state index is -1.97. The van der Waals surface area contributed by atoms with Crippen LogP contribution in [0.2, 0.25) is 0 Å². The van der Waals surface area contributed by atoms with Gasteiger partial charge in [0.15, 0.2) is 6.10 Å². The van der Waals surface area contributed by atoms with Crippen molar-refractivity contribution in [3.8, 4) is 0 Å². The molecule has 2 atom stereocenters. The number of aliphatic hydroxyl groups excluding tert-OH is 1. The van der Waals surface area contributed by atoms with Gasteiger partial charge in [0.25, 0.3) is 5.79 Å². The Morgan fingerprint density at radius 2 is 1.62 bits per heavy atom. The van der Waals surface area contributed by atoms with Crippen molar-refractivity contribution in [1.82, 2.24) is 4.90 Å². The molecular formula is C17H29NO6. The number of likely N-dealkylation sites (tertiary alicyclic amines) is 1. The molecule has 2 fully saturated rings. The van der Waals surface area contributed by atoms with Crippen LogP contribution in [0.4, 0.5) is 0 Å². The molecule has 0 aromatic carbocycles. The highest BCUT2D eigenvalue weighted by molar-refractivity contribution is 5.79. The van der Waals surface area contributed by atoms with Gasteiger partial charge in [0.2, 0.25) is 0 Å². The molecule has 0 aromatic rings. The quantitative estimate of drug-likeness (QED) is 0.716. The Kier molecular flexibility index (Phi) is 4.53. The first-order valence-electron chi connectivity index (χ1n) is 8.34. The third-order valence-electron chi connectivity index (χ3n) is 6.17. The highest BCUT2D eigenvalue weighted by Crippen LogP contribution is 2.56. The van der Waals surface area contributed by atoms with Gasteiger partial charge in [-0.3, -0.25) is 14.5 Å². The Balaban J connectivity index is 2.66. The molecule has 0 aromatic heterocycles. The molecule has 2 unspecified atom stereocenters. The third-order valence-corrected chi connectivity index (χ3v) is 6.17. The number of fused-ring (bicyclic) bond motifs is 1. The van der Waals surface area contributed by atoms with E-state index in [1.807, 2.05) is 32.6 Å². The van der Waals surface area contributed by atoms with Crippen molar-refractivity contribution in [3.05, 3.63) is 0 Å². The first-order chi connectivity index (χ1) is 10.8. The Morgan fingerprint density at radius 3 is 2.17 bits per heavy atom. The van der Waals surface area contributed by atoms with Crippen molar-refractivity contribution < 1.29 is 29.3 Å². The van der Waals surface area contributed by atoms with Crippen molar-refractivity contribution in [2.75, 3.05) is 13.2 Å². The SMILES string of the molecule is CC1(C)C2OC(=O)CCC(=O)OC2(O)C(C)(C)C(C)(C)N1CCO. The zero-order chi connectivity index (χ0) is 18.6. The lowest BCUT2D eigenvalue weighted by Gasteiger charge is -2.67. The molecule has 0 bridgehead atoms. The molecule has 138 valence electrons. The molecule has 2 aliphatic heterocycles. The van der Waals surface area contributed by atoms with Crippen molar-refractivity contribution in [2.24, 2.45) is 5.41 Å². The number of ether oxygens (including phenoxy) is 2. The first kappa shape index (κ1) is 19.1. The van der Waals surface area contributed by atoms with Crippen LogP contribution in [0.1, 0.15) is 54.4 Å². The summed E-state index contributed by atoms with van der Waals surface area (Å²) in [4.78, 5) is 26.2. The van der Waals surface area contributed by atoms with Crippen LogP contribution < -0.4 is 0 Å². The molecule has 2 rings (SSSR count). The van der Waals surface area contributed by atoms with E-state index in [1.54, 1.807) is 13.8 Å². The summed E-state index contributed by atoms with van der Waals surface area (Å²) in [5.74, 6) is -3.13. The molecule has 2 aliphatic rings. The number of aliphatic hydroxyl groups is 2. The van der Waals surface area contributed by atoms with Gasteiger partial charge in [-0.2, -0.15) is 0 Å². The fourth-order valence-electron chi connectivity index (χ4n) is 4.14. The standard InChI is InChI=1S/C17H29NO6/c1-14(2)13-17(22,24-12(21)8-7-11(20)23-13)15(3,4)16(5,6)18(14)9-10-19/h13,19,22H,7-10H2,1-6H3. The van der Waals surface area contributed by atoms with E-state index in [0.717, 1.165) is 0 Å². The number of hydrogen-bond acceptors (Lipinski definition) is 7. The zero-order valence-electron chi connectivity index (χ0n) is 15.4. The molecule has 0 saturated carbocycles. The van der Waals surface area contributed by atoms with Gasteiger partial charge in [0.05, 0.1) is 30.4 Å². The van der Waals surface area contributed by atoms with Gasteiger partial charge in [0.1, 0.15) is 0 Å². The molecule has 2 heterocycles. The lowest BCUT2D eigenvalue weighted by atomic mass is 9.58. The number of carbonyl (C=O) groups is 2. The smallest absolute Gasteiger partial charge is 0.309 e. The summed E-state index contributed by atoms with van der Waals surface area (Å²) in [6, 6.07) is 0. The Hall–Kier alpha value is -1.18. The molecule has 2 saturated heterocycles. The molecule has 7 nitrogen and oxygen atoms in total. The van der Waals surface area contributed by atoms with E-state index in [2.05, 4.69) is 0 Å². The lowest BCUT2D eigenvalue weighted by Crippen LogP contribution is -2.82. The van der Waals surface area contributed by atoms with E-state index in [4.69, 9.17) is 9.47 Å². The highest BCUT2D eigenvalue weighted by atomic mass is 16.7. The first-order valence-corrected chi connectivity index (χ1v) is 8.34. The summed E-state index contributed by atoms with van der Waals surface area (Å²) in [5.41, 5.74) is -2.48. The fraction of sp³-hybridized carbons (Fsp3) is 0.882. The fourth-order valence-corrected chi connectivity index (χ4v) is 4.14. The lowest BCUT2D eigenvalue weighted by molar-refractivity contribution is -0.370. The molecular weight excluding hydrogens is 314 g/mol. The van der Waals surface area contributed by atoms with Crippen LogP contribution in [0.5, 0.6) is 0 Å². The second kappa shape index (κ2) is 5.68. The molecule has 2 N–H and O–H groups in total. The highest BCUT2D eigenvalue weighted by Gasteiger charge is 2.72. The van der Waals surface area contributed by atoms with Crippen LogP contribution in [0.3, 0.4) is 0 Å². The molecule has 0 spiro atoms. The number of hydrogen-bond donors (Lipinski definition) is 2. The number of esters is 2. The summed E-state index contributed by atoms with van der Waals surface area (Å²) in [6.07, 6.45) is -1.27. The predicted molar refractivity (Wildman–Crippen MR) is 85.9 cm³/mol. The maximum atomic E-state index is 12.1. The number of rotatable bonds is 2.